The van der Waals surface area contributed by atoms with Gasteiger partial charge >= 0.3 is 0 Å². The fourth-order valence-corrected chi connectivity index (χ4v) is 7.56. The van der Waals surface area contributed by atoms with Crippen molar-refractivity contribution >= 4 is 56.4 Å². The quantitative estimate of drug-likeness (QED) is 0.187. The Balaban J connectivity index is 1.20. The average Bonchev–Trinajstić information content (AvgIpc) is 3.37. The smallest absolute Gasteiger partial charge is 0.266 e. The number of aromatic nitrogens is 1. The minimum Gasteiger partial charge on any atom is -0.353 e. The number of rotatable bonds is 8. The predicted octanol–water partition coefficient (Wildman–Crippen LogP) is 8.58. The third-order valence-corrected chi connectivity index (χ3v) is 9.94. The van der Waals surface area contributed by atoms with E-state index in [-0.39, 0.29) is 23.9 Å². The zero-order valence-corrected chi connectivity index (χ0v) is 25.8. The lowest BCUT2D eigenvalue weighted by Gasteiger charge is -2.37. The molecule has 0 spiro atoms. The molecule has 1 N–H and O–H groups in total. The number of hydrogen-bond donors (Lipinski definition) is 1. The van der Waals surface area contributed by atoms with Gasteiger partial charge in [0.2, 0.25) is 5.91 Å². The van der Waals surface area contributed by atoms with E-state index in [9.17, 15) is 9.59 Å². The van der Waals surface area contributed by atoms with Crippen LogP contribution in [0.15, 0.2) is 97.3 Å². The Morgan fingerprint density at radius 3 is 2.35 bits per heavy atom. The lowest BCUT2D eigenvalue weighted by molar-refractivity contribution is -0.121. The molecule has 0 radical (unpaired) electrons. The van der Waals surface area contributed by atoms with E-state index in [1.165, 1.54) is 11.3 Å². The summed E-state index contributed by atoms with van der Waals surface area (Å²) in [6.45, 7) is 0.471. The largest absolute Gasteiger partial charge is 0.353 e. The van der Waals surface area contributed by atoms with Gasteiger partial charge in [-0.15, -0.1) is 11.3 Å². The van der Waals surface area contributed by atoms with Crippen LogP contribution in [0.1, 0.15) is 46.5 Å². The van der Waals surface area contributed by atoms with Gasteiger partial charge in [0, 0.05) is 46.1 Å². The fraction of sp³-hybridized carbons (Fsp3) is 0.229. The molecular formula is C35H31Cl2N3O2S. The second kappa shape index (κ2) is 13.3. The Hall–Kier alpha value is -3.71. The first-order valence-electron chi connectivity index (χ1n) is 14.5. The molecule has 0 unspecified atom stereocenters. The summed E-state index contributed by atoms with van der Waals surface area (Å²) in [5, 5.41) is 5.25. The highest BCUT2D eigenvalue weighted by Crippen LogP contribution is 2.37. The van der Waals surface area contributed by atoms with Gasteiger partial charge in [0.05, 0.1) is 11.4 Å². The van der Waals surface area contributed by atoms with Gasteiger partial charge in [-0.1, -0.05) is 71.7 Å². The van der Waals surface area contributed by atoms with E-state index in [4.69, 9.17) is 23.2 Å². The number of carbonyl (C=O) groups excluding carboxylic acids is 2. The Labute approximate surface area is 265 Å². The minimum absolute atomic E-state index is 0.0105. The molecule has 1 fully saturated rings. The van der Waals surface area contributed by atoms with Crippen molar-refractivity contribution in [2.75, 3.05) is 0 Å². The molecule has 1 saturated carbocycles. The van der Waals surface area contributed by atoms with Crippen molar-refractivity contribution in [2.45, 2.75) is 50.7 Å². The van der Waals surface area contributed by atoms with E-state index in [1.807, 2.05) is 65.6 Å². The van der Waals surface area contributed by atoms with Crippen LogP contribution < -0.4 is 5.32 Å². The average molecular weight is 629 g/mol. The first kappa shape index (κ1) is 29.4. The van der Waals surface area contributed by atoms with E-state index in [2.05, 4.69) is 28.5 Å². The number of benzene rings is 3. The first-order valence-corrected chi connectivity index (χ1v) is 16.0. The monoisotopic (exact) mass is 627 g/mol. The van der Waals surface area contributed by atoms with Crippen molar-refractivity contribution < 1.29 is 9.59 Å². The lowest BCUT2D eigenvalue weighted by atomic mass is 9.89. The Bertz CT molecular complexity index is 1750. The van der Waals surface area contributed by atoms with Gasteiger partial charge in [-0.2, -0.15) is 0 Å². The molecule has 218 valence electrons. The normalized spacial score (nSPS) is 16.6. The summed E-state index contributed by atoms with van der Waals surface area (Å²) >= 11 is 14.3. The maximum Gasteiger partial charge on any atom is 0.266 e. The van der Waals surface area contributed by atoms with E-state index < -0.39 is 0 Å². The minimum atomic E-state index is -0.0473. The van der Waals surface area contributed by atoms with Crippen molar-refractivity contribution in [3.8, 4) is 11.1 Å². The van der Waals surface area contributed by atoms with Crippen molar-refractivity contribution in [2.24, 2.45) is 0 Å². The molecule has 2 aromatic heterocycles. The highest BCUT2D eigenvalue weighted by atomic mass is 35.5. The molecular weight excluding hydrogens is 597 g/mol. The van der Waals surface area contributed by atoms with Crippen molar-refractivity contribution in [3.63, 3.8) is 0 Å². The predicted molar refractivity (Wildman–Crippen MR) is 176 cm³/mol. The fourth-order valence-electron chi connectivity index (χ4n) is 5.88. The van der Waals surface area contributed by atoms with Crippen LogP contribution in [0, 0.1) is 0 Å². The summed E-state index contributed by atoms with van der Waals surface area (Å²) in [5.74, 6) is -0.0578. The standard InChI is InChI=1S/C35H31Cl2N3O2S/c36-27-8-4-5-23(20-27)21-32(41)39-28-11-13-29(14-12-28)40(35(42)34-33(37)30-9-1-2-10-31(30)43-34)22-24-6-3-7-26(19-24)25-15-17-38-18-16-25/h1-10,15-20,28-29H,11-14,21-22H2,(H,39,41). The summed E-state index contributed by atoms with van der Waals surface area (Å²) in [4.78, 5) is 33.7. The molecule has 2 heterocycles. The van der Waals surface area contributed by atoms with Gasteiger partial charge in [0.1, 0.15) is 4.88 Å². The molecule has 0 bridgehead atoms. The second-order valence-electron chi connectivity index (χ2n) is 11.0. The number of halogens is 2. The van der Waals surface area contributed by atoms with Crippen LogP contribution in [0.3, 0.4) is 0 Å². The number of carbonyl (C=O) groups is 2. The second-order valence-corrected chi connectivity index (χ2v) is 12.9. The first-order chi connectivity index (χ1) is 20.9. The molecule has 6 rings (SSSR count). The van der Waals surface area contributed by atoms with Crippen LogP contribution in [0.5, 0.6) is 0 Å². The summed E-state index contributed by atoms with van der Waals surface area (Å²) < 4.78 is 1.00. The molecule has 43 heavy (non-hydrogen) atoms. The number of nitrogens with one attached hydrogen (secondary N) is 1. The van der Waals surface area contributed by atoms with Gasteiger partial charge in [0.15, 0.2) is 0 Å². The lowest BCUT2D eigenvalue weighted by Crippen LogP contribution is -2.46. The molecule has 1 aliphatic rings. The van der Waals surface area contributed by atoms with E-state index in [0.717, 1.165) is 58.0 Å². The van der Waals surface area contributed by atoms with Crippen LogP contribution in [-0.2, 0) is 17.8 Å². The van der Waals surface area contributed by atoms with Gasteiger partial charge in [-0.05, 0) is 84.3 Å². The highest BCUT2D eigenvalue weighted by molar-refractivity contribution is 7.21. The number of amides is 2. The van der Waals surface area contributed by atoms with Crippen LogP contribution in [0.25, 0.3) is 21.2 Å². The summed E-state index contributed by atoms with van der Waals surface area (Å²) in [6, 6.07) is 27.7. The SMILES string of the molecule is O=C(Cc1cccc(Cl)c1)NC1CCC(N(Cc2cccc(-c3ccncc3)c2)C(=O)c2sc3ccccc3c2Cl)CC1. The molecule has 0 atom stereocenters. The van der Waals surface area contributed by atoms with Crippen LogP contribution >= 0.6 is 34.5 Å². The van der Waals surface area contributed by atoms with Gasteiger partial charge in [-0.25, -0.2) is 0 Å². The van der Waals surface area contributed by atoms with Gasteiger partial charge < -0.3 is 10.2 Å². The molecule has 1 aliphatic carbocycles. The van der Waals surface area contributed by atoms with E-state index >= 15 is 0 Å². The molecule has 0 saturated heterocycles. The molecule has 8 heteroatoms. The van der Waals surface area contributed by atoms with Crippen LogP contribution in [-0.4, -0.2) is 33.8 Å². The Kier molecular flexibility index (Phi) is 9.08. The zero-order valence-electron chi connectivity index (χ0n) is 23.5. The Morgan fingerprint density at radius 1 is 0.837 bits per heavy atom. The van der Waals surface area contributed by atoms with Gasteiger partial charge in [-0.3, -0.25) is 14.6 Å². The summed E-state index contributed by atoms with van der Waals surface area (Å²) in [6.07, 6.45) is 7.05. The molecule has 5 aromatic rings. The number of hydrogen-bond acceptors (Lipinski definition) is 4. The summed E-state index contributed by atoms with van der Waals surface area (Å²) in [5.41, 5.74) is 4.11. The molecule has 2 amide bonds. The van der Waals surface area contributed by atoms with Crippen molar-refractivity contribution in [1.29, 1.82) is 0 Å². The molecule has 3 aromatic carbocycles. The van der Waals surface area contributed by atoms with E-state index in [1.54, 1.807) is 18.5 Å². The number of nitrogens with zero attached hydrogens (tertiary/aromatic N) is 2. The number of pyridine rings is 1. The van der Waals surface area contributed by atoms with Crippen molar-refractivity contribution in [3.05, 3.63) is 123 Å². The summed E-state index contributed by atoms with van der Waals surface area (Å²) in [7, 11) is 0. The third-order valence-electron chi connectivity index (χ3n) is 8.04. The number of fused-ring (bicyclic) bond motifs is 1. The van der Waals surface area contributed by atoms with Crippen LogP contribution in [0.4, 0.5) is 0 Å². The Morgan fingerprint density at radius 2 is 1.58 bits per heavy atom. The highest BCUT2D eigenvalue weighted by Gasteiger charge is 2.32. The zero-order chi connectivity index (χ0) is 29.8. The van der Waals surface area contributed by atoms with E-state index in [0.29, 0.717) is 27.9 Å². The molecule has 0 aliphatic heterocycles. The maximum atomic E-state index is 14.2. The third kappa shape index (κ3) is 6.93. The number of thiophene rings is 1. The van der Waals surface area contributed by atoms with Crippen LogP contribution in [0.2, 0.25) is 10.0 Å². The van der Waals surface area contributed by atoms with Gasteiger partial charge in [0.25, 0.3) is 5.91 Å². The maximum absolute atomic E-state index is 14.2. The topological polar surface area (TPSA) is 62.3 Å². The van der Waals surface area contributed by atoms with Crippen molar-refractivity contribution in [1.82, 2.24) is 15.2 Å². The molecule has 5 nitrogen and oxygen atoms in total.